The van der Waals surface area contributed by atoms with Gasteiger partial charge in [-0.2, -0.15) is 0 Å². The molecule has 0 radical (unpaired) electrons. The molecule has 0 bridgehead atoms. The highest BCUT2D eigenvalue weighted by Gasteiger charge is 2.43. The van der Waals surface area contributed by atoms with Crippen molar-refractivity contribution in [2.24, 2.45) is 0 Å². The van der Waals surface area contributed by atoms with Gasteiger partial charge in [0.25, 0.3) is 5.92 Å². The number of nitrogens with one attached hydrogen (secondary N) is 4. The summed E-state index contributed by atoms with van der Waals surface area (Å²) in [6.07, 6.45) is 2.57. The summed E-state index contributed by atoms with van der Waals surface area (Å²) < 4.78 is 32.2. The average molecular weight is 684 g/mol. The smallest absolute Gasteiger partial charge is 0.407 e. The number of alkyl halides is 2. The maximum atomic E-state index is 13.8. The minimum Gasteiger partial charge on any atom is -0.453 e. The first-order valence-electron chi connectivity index (χ1n) is 16.1. The minimum absolute atomic E-state index is 0.183. The van der Waals surface area contributed by atoms with Gasteiger partial charge in [-0.15, -0.1) is 0 Å². The van der Waals surface area contributed by atoms with Crippen molar-refractivity contribution >= 4 is 29.3 Å². The summed E-state index contributed by atoms with van der Waals surface area (Å²) in [4.78, 5) is 43.3. The third kappa shape index (κ3) is 5.74. The van der Waals surface area contributed by atoms with E-state index >= 15 is 0 Å². The first-order chi connectivity index (χ1) is 23.7. The molecule has 3 aromatic carbocycles. The van der Waals surface area contributed by atoms with Crippen molar-refractivity contribution < 1.29 is 23.1 Å². The number of hydrogen-bond acceptors (Lipinski definition) is 6. The van der Waals surface area contributed by atoms with Gasteiger partial charge in [0.05, 0.1) is 43.3 Å². The Morgan fingerprint density at radius 3 is 2.37 bits per heavy atom. The van der Waals surface area contributed by atoms with Crippen molar-refractivity contribution in [2.45, 2.75) is 49.7 Å². The van der Waals surface area contributed by atoms with Crippen LogP contribution in [0.15, 0.2) is 72.9 Å². The van der Waals surface area contributed by atoms with Gasteiger partial charge in [-0.25, -0.2) is 23.5 Å². The van der Waals surface area contributed by atoms with Crippen LogP contribution in [-0.2, 0) is 22.4 Å². The molecule has 0 saturated carbocycles. The number of aromatic nitrogens is 4. The van der Waals surface area contributed by atoms with E-state index < -0.39 is 24.1 Å². The van der Waals surface area contributed by atoms with Crippen LogP contribution < -0.4 is 15.5 Å². The number of benzene rings is 3. The maximum absolute atomic E-state index is 13.8. The van der Waals surface area contributed by atoms with Crippen LogP contribution in [0.1, 0.15) is 47.7 Å². The molecule has 1 saturated heterocycles. The molecule has 4 N–H and O–H groups in total. The van der Waals surface area contributed by atoms with Crippen LogP contribution in [0.5, 0.6) is 0 Å². The number of carbonyl (C=O) groups excluding carboxylic acids is 2. The molecule has 3 aliphatic heterocycles. The summed E-state index contributed by atoms with van der Waals surface area (Å²) in [6.45, 7) is -0.381. The van der Waals surface area contributed by atoms with Gasteiger partial charge in [0.1, 0.15) is 28.5 Å². The molecule has 0 spiro atoms. The number of carbonyl (C=O) groups is 2. The minimum atomic E-state index is -2.77. The molecular formula is C36H32ClF2N7O3. The SMILES string of the molecule is COC(=O)N[C@H]1CCc2cccc3c2N(C1=O)[C@H](c1ncc(-c2ccc(-c4ccc(-c5nc([C@@H]6CC(F)(F)CN6)[nH]c5Cl)cc4)cc2)[nH]1)C3. The van der Waals surface area contributed by atoms with E-state index in [2.05, 4.69) is 25.6 Å². The van der Waals surface area contributed by atoms with E-state index in [1.54, 1.807) is 11.1 Å². The molecule has 3 aliphatic rings. The second-order valence-corrected chi connectivity index (χ2v) is 13.1. The number of hydrogen-bond donors (Lipinski definition) is 4. The van der Waals surface area contributed by atoms with Crippen LogP contribution >= 0.6 is 11.6 Å². The summed E-state index contributed by atoms with van der Waals surface area (Å²) >= 11 is 6.42. The molecule has 0 aliphatic carbocycles. The lowest BCUT2D eigenvalue weighted by molar-refractivity contribution is -0.121. The summed E-state index contributed by atoms with van der Waals surface area (Å²) in [5, 5.41) is 5.82. The molecule has 0 unspecified atom stereocenters. The van der Waals surface area contributed by atoms with Crippen molar-refractivity contribution in [3.8, 4) is 33.6 Å². The Bertz CT molecular complexity index is 2060. The zero-order valence-electron chi connectivity index (χ0n) is 26.4. The van der Waals surface area contributed by atoms with Crippen molar-refractivity contribution in [1.29, 1.82) is 0 Å². The first kappa shape index (κ1) is 31.2. The Labute approximate surface area is 285 Å². The topological polar surface area (TPSA) is 128 Å². The van der Waals surface area contributed by atoms with Gasteiger partial charge in [0.2, 0.25) is 5.91 Å². The monoisotopic (exact) mass is 683 g/mol. The molecule has 49 heavy (non-hydrogen) atoms. The predicted molar refractivity (Wildman–Crippen MR) is 180 cm³/mol. The van der Waals surface area contributed by atoms with Crippen molar-refractivity contribution in [3.05, 3.63) is 101 Å². The van der Waals surface area contributed by atoms with Gasteiger partial charge in [-0.3, -0.25) is 9.69 Å². The number of halogens is 3. The van der Waals surface area contributed by atoms with E-state index in [9.17, 15) is 18.4 Å². The zero-order chi connectivity index (χ0) is 33.9. The van der Waals surface area contributed by atoms with Gasteiger partial charge in [0, 0.05) is 18.4 Å². The Morgan fingerprint density at radius 1 is 0.980 bits per heavy atom. The lowest BCUT2D eigenvalue weighted by atomic mass is 10.0. The molecule has 250 valence electrons. The molecule has 1 fully saturated rings. The first-order valence-corrected chi connectivity index (χ1v) is 16.5. The maximum Gasteiger partial charge on any atom is 0.407 e. The van der Waals surface area contributed by atoms with Crippen LogP contribution in [0, 0.1) is 0 Å². The molecular weight excluding hydrogens is 652 g/mol. The molecule has 2 aromatic heterocycles. The molecule has 10 nitrogen and oxygen atoms in total. The molecule has 13 heteroatoms. The molecule has 2 amide bonds. The number of alkyl carbamates (subject to hydrolysis) is 1. The number of methoxy groups -OCH3 is 1. The fraction of sp³-hybridized carbons (Fsp3) is 0.278. The second kappa shape index (κ2) is 12.1. The van der Waals surface area contributed by atoms with Gasteiger partial charge in [-0.05, 0) is 40.7 Å². The number of aryl methyl sites for hydroxylation is 1. The van der Waals surface area contributed by atoms with E-state index in [0.29, 0.717) is 41.8 Å². The van der Waals surface area contributed by atoms with Crippen LogP contribution in [-0.4, -0.2) is 57.6 Å². The number of amides is 2. The fourth-order valence-corrected chi connectivity index (χ4v) is 7.38. The molecule has 5 heterocycles. The number of nitrogens with zero attached hydrogens (tertiary/aromatic N) is 3. The zero-order valence-corrected chi connectivity index (χ0v) is 27.2. The Hall–Kier alpha value is -5.07. The number of rotatable bonds is 6. The highest BCUT2D eigenvalue weighted by molar-refractivity contribution is 6.31. The Balaban J connectivity index is 0.996. The summed E-state index contributed by atoms with van der Waals surface area (Å²) in [7, 11) is 1.29. The van der Waals surface area contributed by atoms with E-state index in [1.165, 1.54) is 7.11 Å². The third-order valence-electron chi connectivity index (χ3n) is 9.60. The molecule has 5 aromatic rings. The van der Waals surface area contributed by atoms with Crippen molar-refractivity contribution in [3.63, 3.8) is 0 Å². The number of imidazole rings is 2. The predicted octanol–water partition coefficient (Wildman–Crippen LogP) is 6.76. The van der Waals surface area contributed by atoms with Crippen molar-refractivity contribution in [1.82, 2.24) is 30.6 Å². The largest absolute Gasteiger partial charge is 0.453 e. The summed E-state index contributed by atoms with van der Waals surface area (Å²) in [5.74, 6) is -1.88. The lowest BCUT2D eigenvalue weighted by Crippen LogP contribution is -2.48. The van der Waals surface area contributed by atoms with Crippen molar-refractivity contribution in [2.75, 3.05) is 18.6 Å². The fourth-order valence-electron chi connectivity index (χ4n) is 7.13. The Kier molecular flexibility index (Phi) is 7.72. The number of ether oxygens (including phenoxy) is 1. The van der Waals surface area contributed by atoms with Crippen LogP contribution in [0.25, 0.3) is 33.6 Å². The number of para-hydroxylation sites is 1. The van der Waals surface area contributed by atoms with Gasteiger partial charge in [0.15, 0.2) is 0 Å². The van der Waals surface area contributed by atoms with Gasteiger partial charge < -0.3 is 25.3 Å². The van der Waals surface area contributed by atoms with Gasteiger partial charge in [-0.1, -0.05) is 78.3 Å². The van der Waals surface area contributed by atoms with Crippen LogP contribution in [0.3, 0.4) is 0 Å². The van der Waals surface area contributed by atoms with E-state index in [4.69, 9.17) is 21.3 Å². The number of H-pyrrole nitrogens is 2. The van der Waals surface area contributed by atoms with Crippen LogP contribution in [0.4, 0.5) is 19.3 Å². The summed E-state index contributed by atoms with van der Waals surface area (Å²) in [6, 6.07) is 20.3. The van der Waals surface area contributed by atoms with Gasteiger partial charge >= 0.3 is 6.09 Å². The Morgan fingerprint density at radius 2 is 1.67 bits per heavy atom. The quantitative estimate of drug-likeness (QED) is 0.157. The number of anilines is 1. The van der Waals surface area contributed by atoms with Crippen LogP contribution in [0.2, 0.25) is 5.15 Å². The average Bonchev–Trinajstić information content (AvgIpc) is 3.89. The lowest BCUT2D eigenvalue weighted by Gasteiger charge is -2.27. The highest BCUT2D eigenvalue weighted by atomic mass is 35.5. The standard InChI is InChI=1S/C36H32ClF2N7O3/c1-49-35(48)43-25-14-13-23-3-2-4-24-15-28(46(30(23)24)34(25)47)33-40-17-27(42-33)21-9-5-19(6-10-21)20-7-11-22(12-8-20)29-31(37)45-32(44-29)26-16-36(38,39)18-41-26/h2-12,17,25-26,28,41H,13-16,18H2,1H3,(H,40,42)(H,43,48)(H,44,45)/t25-,26-,28-/m0/s1. The number of aromatic amines is 2. The van der Waals surface area contributed by atoms with E-state index in [0.717, 1.165) is 44.8 Å². The summed E-state index contributed by atoms with van der Waals surface area (Å²) in [5.41, 5.74) is 8.09. The molecule has 8 rings (SSSR count). The van der Waals surface area contributed by atoms with E-state index in [1.807, 2.05) is 66.7 Å². The third-order valence-corrected chi connectivity index (χ3v) is 9.87. The normalized spacial score (nSPS) is 21.0. The second-order valence-electron chi connectivity index (χ2n) is 12.7. The molecule has 3 atom stereocenters. The van der Waals surface area contributed by atoms with E-state index in [-0.39, 0.29) is 24.9 Å². The highest BCUT2D eigenvalue weighted by Crippen LogP contribution is 2.45.